The van der Waals surface area contributed by atoms with Crippen molar-refractivity contribution < 1.29 is 14.5 Å². The molecule has 1 aromatic rings. The van der Waals surface area contributed by atoms with Crippen LogP contribution in [0.2, 0.25) is 0 Å². The molecule has 0 heterocycles. The predicted octanol–water partition coefficient (Wildman–Crippen LogP) is 2.89. The van der Waals surface area contributed by atoms with Crippen LogP contribution in [0.1, 0.15) is 16.8 Å². The highest BCUT2D eigenvalue weighted by molar-refractivity contribution is 9.10. The lowest BCUT2D eigenvalue weighted by atomic mass is 10.1. The SMILES string of the molecule is COCC(CCBr)NC(=O)c1cc(Br)cc([N+](=O)[O-])c1. The van der Waals surface area contributed by atoms with Gasteiger partial charge in [0.15, 0.2) is 0 Å². The minimum Gasteiger partial charge on any atom is -0.383 e. The second-order valence-corrected chi connectivity index (χ2v) is 5.77. The Morgan fingerprint density at radius 1 is 1.50 bits per heavy atom. The quantitative estimate of drug-likeness (QED) is 0.426. The highest BCUT2D eigenvalue weighted by Gasteiger charge is 2.17. The molecule has 1 N–H and O–H groups in total. The zero-order valence-corrected chi connectivity index (χ0v) is 13.9. The molecule has 1 aromatic carbocycles. The average molecular weight is 410 g/mol. The third kappa shape index (κ3) is 5.18. The van der Waals surface area contributed by atoms with E-state index in [1.54, 1.807) is 13.2 Å². The second kappa shape index (κ2) is 8.33. The van der Waals surface area contributed by atoms with E-state index in [0.717, 1.165) is 5.33 Å². The lowest BCUT2D eigenvalue weighted by Gasteiger charge is -2.16. The van der Waals surface area contributed by atoms with Crippen molar-refractivity contribution in [2.75, 3.05) is 19.0 Å². The molecule has 0 aliphatic rings. The molecule has 0 saturated heterocycles. The number of alkyl halides is 1. The van der Waals surface area contributed by atoms with Gasteiger partial charge in [0, 0.05) is 34.6 Å². The highest BCUT2D eigenvalue weighted by atomic mass is 79.9. The summed E-state index contributed by atoms with van der Waals surface area (Å²) in [6.07, 6.45) is 0.704. The fourth-order valence-corrected chi connectivity index (χ4v) is 2.64. The zero-order valence-electron chi connectivity index (χ0n) is 10.8. The maximum absolute atomic E-state index is 12.1. The number of nitrogens with zero attached hydrogens (tertiary/aromatic N) is 1. The van der Waals surface area contributed by atoms with Crippen LogP contribution in [0.5, 0.6) is 0 Å². The fraction of sp³-hybridized carbons (Fsp3) is 0.417. The highest BCUT2D eigenvalue weighted by Crippen LogP contribution is 2.21. The summed E-state index contributed by atoms with van der Waals surface area (Å²) in [5.41, 5.74) is 0.107. The summed E-state index contributed by atoms with van der Waals surface area (Å²) in [6, 6.07) is 3.99. The molecule has 0 spiro atoms. The van der Waals surface area contributed by atoms with Crippen LogP contribution in [0.25, 0.3) is 0 Å². The van der Waals surface area contributed by atoms with E-state index in [2.05, 4.69) is 37.2 Å². The van der Waals surface area contributed by atoms with Gasteiger partial charge < -0.3 is 10.1 Å². The second-order valence-electron chi connectivity index (χ2n) is 4.06. The molecule has 0 saturated carbocycles. The van der Waals surface area contributed by atoms with E-state index in [-0.39, 0.29) is 23.2 Å². The van der Waals surface area contributed by atoms with Gasteiger partial charge >= 0.3 is 0 Å². The molecular weight excluding hydrogens is 396 g/mol. The third-order valence-electron chi connectivity index (χ3n) is 2.52. The summed E-state index contributed by atoms with van der Waals surface area (Å²) in [7, 11) is 1.55. The number of non-ortho nitro benzene ring substituents is 1. The van der Waals surface area contributed by atoms with Crippen LogP contribution in [-0.2, 0) is 4.74 Å². The van der Waals surface area contributed by atoms with Gasteiger partial charge in [-0.1, -0.05) is 31.9 Å². The number of carbonyl (C=O) groups excluding carboxylic acids is 1. The van der Waals surface area contributed by atoms with E-state index in [4.69, 9.17) is 4.74 Å². The molecule has 1 amide bonds. The van der Waals surface area contributed by atoms with Gasteiger partial charge in [-0.25, -0.2) is 0 Å². The van der Waals surface area contributed by atoms with E-state index in [9.17, 15) is 14.9 Å². The van der Waals surface area contributed by atoms with Crippen LogP contribution in [0.4, 0.5) is 5.69 Å². The lowest BCUT2D eigenvalue weighted by molar-refractivity contribution is -0.385. The molecule has 110 valence electrons. The monoisotopic (exact) mass is 408 g/mol. The van der Waals surface area contributed by atoms with Crippen molar-refractivity contribution in [1.29, 1.82) is 0 Å². The van der Waals surface area contributed by atoms with Crippen LogP contribution in [0.3, 0.4) is 0 Å². The first-order valence-corrected chi connectivity index (χ1v) is 7.70. The van der Waals surface area contributed by atoms with Crippen molar-refractivity contribution in [1.82, 2.24) is 5.32 Å². The minimum absolute atomic E-state index is 0.131. The van der Waals surface area contributed by atoms with Crippen LogP contribution >= 0.6 is 31.9 Å². The van der Waals surface area contributed by atoms with E-state index >= 15 is 0 Å². The smallest absolute Gasteiger partial charge is 0.271 e. The third-order valence-corrected chi connectivity index (χ3v) is 3.43. The van der Waals surface area contributed by atoms with Gasteiger partial charge in [0.25, 0.3) is 11.6 Å². The standard InChI is InChI=1S/C12H14Br2N2O4/c1-20-7-10(2-3-13)15-12(17)8-4-9(14)6-11(5-8)16(18)19/h4-6,10H,2-3,7H2,1H3,(H,15,17). The van der Waals surface area contributed by atoms with Crippen LogP contribution in [0, 0.1) is 10.1 Å². The molecule has 20 heavy (non-hydrogen) atoms. The Balaban J connectivity index is 2.88. The largest absolute Gasteiger partial charge is 0.383 e. The number of amides is 1. The summed E-state index contributed by atoms with van der Waals surface area (Å²) >= 11 is 6.47. The van der Waals surface area contributed by atoms with Gasteiger partial charge in [0.05, 0.1) is 17.6 Å². The normalized spacial score (nSPS) is 11.9. The number of carbonyl (C=O) groups is 1. The number of benzene rings is 1. The van der Waals surface area contributed by atoms with Gasteiger partial charge in [-0.15, -0.1) is 0 Å². The molecule has 8 heteroatoms. The van der Waals surface area contributed by atoms with E-state index in [0.29, 0.717) is 17.5 Å². The average Bonchev–Trinajstić information content (AvgIpc) is 2.38. The van der Waals surface area contributed by atoms with Crippen LogP contribution in [0.15, 0.2) is 22.7 Å². The van der Waals surface area contributed by atoms with Crippen molar-refractivity contribution in [3.63, 3.8) is 0 Å². The van der Waals surface area contributed by atoms with Crippen LogP contribution in [-0.4, -0.2) is 35.9 Å². The number of ether oxygens (including phenoxy) is 1. The number of rotatable bonds is 7. The fourth-order valence-electron chi connectivity index (χ4n) is 1.61. The Bertz CT molecular complexity index is 490. The van der Waals surface area contributed by atoms with Crippen molar-refractivity contribution in [3.8, 4) is 0 Å². The summed E-state index contributed by atoms with van der Waals surface area (Å²) in [5.74, 6) is -0.364. The minimum atomic E-state index is -0.535. The molecule has 0 aliphatic carbocycles. The van der Waals surface area contributed by atoms with Crippen molar-refractivity contribution in [2.45, 2.75) is 12.5 Å². The molecule has 6 nitrogen and oxygen atoms in total. The van der Waals surface area contributed by atoms with E-state index < -0.39 is 4.92 Å². The predicted molar refractivity (Wildman–Crippen MR) is 82.3 cm³/mol. The maximum atomic E-state index is 12.1. The molecule has 1 rings (SSSR count). The molecule has 0 radical (unpaired) electrons. The Kier molecular flexibility index (Phi) is 7.11. The summed E-state index contributed by atoms with van der Waals surface area (Å²) in [4.78, 5) is 22.4. The molecule has 0 bridgehead atoms. The Hall–Kier alpha value is -0.990. The van der Waals surface area contributed by atoms with Gasteiger partial charge in [0.2, 0.25) is 0 Å². The molecule has 1 atom stereocenters. The molecule has 0 aliphatic heterocycles. The first kappa shape index (κ1) is 17.1. The number of nitro groups is 1. The Morgan fingerprint density at radius 3 is 2.75 bits per heavy atom. The van der Waals surface area contributed by atoms with Gasteiger partial charge in [0.1, 0.15) is 0 Å². The number of methoxy groups -OCH3 is 1. The number of nitro benzene ring substituents is 1. The molecular formula is C12H14Br2N2O4. The molecule has 1 unspecified atom stereocenters. The van der Waals surface area contributed by atoms with Gasteiger partial charge in [-0.2, -0.15) is 0 Å². The lowest BCUT2D eigenvalue weighted by Crippen LogP contribution is -2.38. The van der Waals surface area contributed by atoms with Crippen LogP contribution < -0.4 is 5.32 Å². The zero-order chi connectivity index (χ0) is 15.1. The first-order valence-electron chi connectivity index (χ1n) is 5.78. The molecule has 0 aromatic heterocycles. The number of nitrogens with one attached hydrogen (secondary N) is 1. The number of halogens is 2. The van der Waals surface area contributed by atoms with E-state index in [1.807, 2.05) is 0 Å². The van der Waals surface area contributed by atoms with Crippen molar-refractivity contribution in [2.24, 2.45) is 0 Å². The van der Waals surface area contributed by atoms with Gasteiger partial charge in [-0.05, 0) is 12.5 Å². The Morgan fingerprint density at radius 2 is 2.20 bits per heavy atom. The molecule has 0 fully saturated rings. The maximum Gasteiger partial charge on any atom is 0.271 e. The number of hydrogen-bond donors (Lipinski definition) is 1. The van der Waals surface area contributed by atoms with Crippen molar-refractivity contribution >= 4 is 43.5 Å². The summed E-state index contributed by atoms with van der Waals surface area (Å²) in [6.45, 7) is 0.382. The van der Waals surface area contributed by atoms with Crippen molar-refractivity contribution in [3.05, 3.63) is 38.3 Å². The van der Waals surface area contributed by atoms with E-state index in [1.165, 1.54) is 12.1 Å². The number of hydrogen-bond acceptors (Lipinski definition) is 4. The first-order chi connectivity index (χ1) is 9.47. The topological polar surface area (TPSA) is 81.5 Å². The summed E-state index contributed by atoms with van der Waals surface area (Å²) in [5, 5.41) is 14.3. The Labute approximate surface area is 133 Å². The van der Waals surface area contributed by atoms with Gasteiger partial charge in [-0.3, -0.25) is 14.9 Å². The summed E-state index contributed by atoms with van der Waals surface area (Å²) < 4.78 is 5.51.